The normalized spacial score (nSPS) is 10.1. The van der Waals surface area contributed by atoms with E-state index in [4.69, 9.17) is 26.8 Å². The highest BCUT2D eigenvalue weighted by Gasteiger charge is 2.14. The number of hydrogen-bond donors (Lipinski definition) is 2. The summed E-state index contributed by atoms with van der Waals surface area (Å²) < 4.78 is 9.80. The van der Waals surface area contributed by atoms with Crippen molar-refractivity contribution in [1.82, 2.24) is 0 Å². The number of nitrogens with one attached hydrogen (secondary N) is 1. The van der Waals surface area contributed by atoms with Crippen LogP contribution < -0.4 is 11.1 Å². The van der Waals surface area contributed by atoms with Gasteiger partial charge in [0.2, 0.25) is 0 Å². The molecule has 0 unspecified atom stereocenters. The number of benzene rings is 2. The molecule has 0 fully saturated rings. The Labute approximate surface area is 155 Å². The van der Waals surface area contributed by atoms with Crippen LogP contribution in [-0.4, -0.2) is 31.1 Å². The van der Waals surface area contributed by atoms with Crippen LogP contribution in [0.15, 0.2) is 42.5 Å². The zero-order valence-corrected chi connectivity index (χ0v) is 14.7. The number of anilines is 2. The lowest BCUT2D eigenvalue weighted by Crippen LogP contribution is -2.21. The highest BCUT2D eigenvalue weighted by molar-refractivity contribution is 6.31. The Bertz CT molecular complexity index is 821. The van der Waals surface area contributed by atoms with Gasteiger partial charge < -0.3 is 20.5 Å². The molecule has 0 aliphatic carbocycles. The Kier molecular flexibility index (Phi) is 6.57. The minimum Gasteiger partial charge on any atom is -0.462 e. The average Bonchev–Trinajstić information content (AvgIpc) is 2.60. The van der Waals surface area contributed by atoms with Gasteiger partial charge in [-0.3, -0.25) is 4.79 Å². The van der Waals surface area contributed by atoms with Crippen LogP contribution in [0.1, 0.15) is 27.6 Å². The predicted molar refractivity (Wildman–Crippen MR) is 97.2 cm³/mol. The summed E-state index contributed by atoms with van der Waals surface area (Å²) >= 11 is 5.76. The Morgan fingerprint density at radius 2 is 1.73 bits per heavy atom. The van der Waals surface area contributed by atoms with Crippen LogP contribution in [0.4, 0.5) is 11.4 Å². The van der Waals surface area contributed by atoms with E-state index in [9.17, 15) is 14.4 Å². The molecule has 26 heavy (non-hydrogen) atoms. The molecule has 0 bridgehead atoms. The molecule has 7 nitrogen and oxygen atoms in total. The van der Waals surface area contributed by atoms with E-state index in [1.807, 2.05) is 0 Å². The molecule has 0 saturated carbocycles. The van der Waals surface area contributed by atoms with Crippen molar-refractivity contribution in [2.45, 2.75) is 6.92 Å². The van der Waals surface area contributed by atoms with Crippen LogP contribution >= 0.6 is 11.6 Å². The number of halogens is 1. The van der Waals surface area contributed by atoms with Crippen molar-refractivity contribution >= 4 is 40.8 Å². The van der Waals surface area contributed by atoms with Crippen molar-refractivity contribution < 1.29 is 23.9 Å². The average molecular weight is 377 g/mol. The van der Waals surface area contributed by atoms with Crippen LogP contribution in [0.25, 0.3) is 0 Å². The Balaban J connectivity index is 1.88. The van der Waals surface area contributed by atoms with Crippen molar-refractivity contribution in [3.8, 4) is 0 Å². The van der Waals surface area contributed by atoms with Crippen LogP contribution in [0.3, 0.4) is 0 Å². The largest absolute Gasteiger partial charge is 0.462 e. The highest BCUT2D eigenvalue weighted by Crippen LogP contribution is 2.18. The molecule has 0 radical (unpaired) electrons. The summed E-state index contributed by atoms with van der Waals surface area (Å²) in [6, 6.07) is 10.5. The molecule has 0 spiro atoms. The molecule has 2 aromatic carbocycles. The molecule has 0 aliphatic rings. The van der Waals surface area contributed by atoms with Gasteiger partial charge in [0.05, 0.1) is 17.7 Å². The third-order valence-corrected chi connectivity index (χ3v) is 3.48. The Morgan fingerprint density at radius 3 is 2.35 bits per heavy atom. The number of nitrogens with two attached hydrogens (primary N) is 1. The summed E-state index contributed by atoms with van der Waals surface area (Å²) in [6.45, 7) is 1.51. The van der Waals surface area contributed by atoms with Gasteiger partial charge in [0.15, 0.2) is 6.61 Å². The summed E-state index contributed by atoms with van der Waals surface area (Å²) in [5.41, 5.74) is 6.80. The number of nitrogen functional groups attached to an aromatic ring is 1. The van der Waals surface area contributed by atoms with Crippen molar-refractivity contribution in [3.05, 3.63) is 58.6 Å². The van der Waals surface area contributed by atoms with E-state index in [2.05, 4.69) is 5.32 Å². The van der Waals surface area contributed by atoms with Gasteiger partial charge in [-0.25, -0.2) is 9.59 Å². The molecule has 0 saturated heterocycles. The molecule has 0 atom stereocenters. The molecule has 0 aliphatic heterocycles. The number of esters is 2. The SMILES string of the molecule is CCOC(=O)c1ccc(NC(=O)COC(=O)c2ccc(Cl)cc2N)cc1. The van der Waals surface area contributed by atoms with E-state index in [1.54, 1.807) is 19.1 Å². The number of hydrogen-bond acceptors (Lipinski definition) is 6. The van der Waals surface area contributed by atoms with Crippen LogP contribution in [0.5, 0.6) is 0 Å². The number of amides is 1. The minimum atomic E-state index is -0.730. The lowest BCUT2D eigenvalue weighted by molar-refractivity contribution is -0.119. The monoisotopic (exact) mass is 376 g/mol. The number of carbonyl (C=O) groups is 3. The fourth-order valence-electron chi connectivity index (χ4n) is 2.03. The van der Waals surface area contributed by atoms with Crippen molar-refractivity contribution in [1.29, 1.82) is 0 Å². The third kappa shape index (κ3) is 5.22. The molecular weight excluding hydrogens is 360 g/mol. The van der Waals surface area contributed by atoms with Crippen LogP contribution in [0, 0.1) is 0 Å². The van der Waals surface area contributed by atoms with Gasteiger partial charge in [-0.1, -0.05) is 11.6 Å². The fourth-order valence-corrected chi connectivity index (χ4v) is 2.21. The molecule has 1 amide bonds. The minimum absolute atomic E-state index is 0.126. The Hall–Kier alpha value is -3.06. The van der Waals surface area contributed by atoms with E-state index < -0.39 is 24.5 Å². The number of ether oxygens (including phenoxy) is 2. The van der Waals surface area contributed by atoms with E-state index in [1.165, 1.54) is 30.3 Å². The quantitative estimate of drug-likeness (QED) is 0.592. The second kappa shape index (κ2) is 8.87. The van der Waals surface area contributed by atoms with Gasteiger partial charge in [0.25, 0.3) is 5.91 Å². The van der Waals surface area contributed by atoms with Crippen molar-refractivity contribution in [3.63, 3.8) is 0 Å². The maximum Gasteiger partial charge on any atom is 0.340 e. The molecule has 136 valence electrons. The number of carbonyl (C=O) groups excluding carboxylic acids is 3. The first kappa shape index (κ1) is 19.3. The number of rotatable bonds is 6. The third-order valence-electron chi connectivity index (χ3n) is 3.25. The first-order chi connectivity index (χ1) is 12.4. The van der Waals surface area contributed by atoms with Gasteiger partial charge in [-0.2, -0.15) is 0 Å². The summed E-state index contributed by atoms with van der Waals surface area (Å²) in [5, 5.41) is 2.94. The van der Waals surface area contributed by atoms with Gasteiger partial charge in [0.1, 0.15) is 0 Å². The Morgan fingerprint density at radius 1 is 1.04 bits per heavy atom. The van der Waals surface area contributed by atoms with Gasteiger partial charge in [-0.15, -0.1) is 0 Å². The second-order valence-corrected chi connectivity index (χ2v) is 5.59. The lowest BCUT2D eigenvalue weighted by atomic mass is 10.2. The van der Waals surface area contributed by atoms with Gasteiger partial charge in [0, 0.05) is 16.4 Å². The van der Waals surface area contributed by atoms with Gasteiger partial charge in [-0.05, 0) is 49.4 Å². The first-order valence-corrected chi connectivity index (χ1v) is 8.07. The van der Waals surface area contributed by atoms with E-state index in [0.29, 0.717) is 16.3 Å². The molecule has 0 heterocycles. The molecule has 3 N–H and O–H groups in total. The summed E-state index contributed by atoms with van der Waals surface area (Å²) in [5.74, 6) is -1.71. The lowest BCUT2D eigenvalue weighted by Gasteiger charge is -2.09. The standard InChI is InChI=1S/C18H17ClN2O5/c1-2-25-17(23)11-3-6-13(7-4-11)21-16(22)10-26-18(24)14-8-5-12(19)9-15(14)20/h3-9H,2,10,20H2,1H3,(H,21,22). The zero-order valence-electron chi connectivity index (χ0n) is 14.0. The predicted octanol–water partition coefficient (Wildman–Crippen LogP) is 2.89. The fraction of sp³-hybridized carbons (Fsp3) is 0.167. The maximum atomic E-state index is 11.9. The molecule has 2 aromatic rings. The van der Waals surface area contributed by atoms with Crippen LogP contribution in [0.2, 0.25) is 5.02 Å². The maximum absolute atomic E-state index is 11.9. The second-order valence-electron chi connectivity index (χ2n) is 5.15. The zero-order chi connectivity index (χ0) is 19.1. The highest BCUT2D eigenvalue weighted by atomic mass is 35.5. The van der Waals surface area contributed by atoms with E-state index in [0.717, 1.165) is 0 Å². The van der Waals surface area contributed by atoms with E-state index >= 15 is 0 Å². The topological polar surface area (TPSA) is 108 Å². The van der Waals surface area contributed by atoms with Crippen molar-refractivity contribution in [2.24, 2.45) is 0 Å². The first-order valence-electron chi connectivity index (χ1n) is 7.70. The molecule has 8 heteroatoms. The smallest absolute Gasteiger partial charge is 0.340 e. The molecule has 0 aromatic heterocycles. The van der Waals surface area contributed by atoms with E-state index in [-0.39, 0.29) is 17.9 Å². The summed E-state index contributed by atoms with van der Waals surface area (Å²) in [7, 11) is 0. The van der Waals surface area contributed by atoms with Crippen LogP contribution in [-0.2, 0) is 14.3 Å². The van der Waals surface area contributed by atoms with Gasteiger partial charge >= 0.3 is 11.9 Å². The summed E-state index contributed by atoms with van der Waals surface area (Å²) in [4.78, 5) is 35.4. The summed E-state index contributed by atoms with van der Waals surface area (Å²) in [6.07, 6.45) is 0. The van der Waals surface area contributed by atoms with Crippen molar-refractivity contribution in [2.75, 3.05) is 24.3 Å². The molecular formula is C18H17ClN2O5. The molecule has 2 rings (SSSR count).